The van der Waals surface area contributed by atoms with Gasteiger partial charge in [0.2, 0.25) is 0 Å². The molecule has 0 spiro atoms. The molecule has 26 heavy (non-hydrogen) atoms. The molecule has 1 nitrogen and oxygen atoms in total. The lowest BCUT2D eigenvalue weighted by atomic mass is 9.71. The Morgan fingerprint density at radius 2 is 1.46 bits per heavy atom. The van der Waals surface area contributed by atoms with E-state index in [-0.39, 0.29) is 0 Å². The Morgan fingerprint density at radius 3 is 2.15 bits per heavy atom. The van der Waals surface area contributed by atoms with E-state index in [1.807, 2.05) is 12.3 Å². The molecule has 1 aliphatic rings. The highest BCUT2D eigenvalue weighted by Crippen LogP contribution is 2.42. The van der Waals surface area contributed by atoms with Crippen LogP contribution in [0.3, 0.4) is 0 Å². The zero-order chi connectivity index (χ0) is 18.0. The molecule has 2 aromatic carbocycles. The first-order valence-electron chi connectivity index (χ1n) is 9.73. The molecule has 1 fully saturated rings. The fraction of sp³-hybridized carbons (Fsp3) is 0.320. The zero-order valence-electron chi connectivity index (χ0n) is 15.8. The lowest BCUT2D eigenvalue weighted by Crippen LogP contribution is -2.20. The Bertz CT molecular complexity index is 852. The van der Waals surface area contributed by atoms with Gasteiger partial charge in [0.05, 0.1) is 5.69 Å². The number of aromatic nitrogens is 1. The standard InChI is InChI=1S/C25H27N/c1-25(2)15-12-21(13-16-25)19-8-10-20(11-9-19)23-14-17-26-24(18-23)22-6-4-3-5-7-22/h3-11,14,17-18,21H,12-13,15-16H2,1-2H3. The minimum Gasteiger partial charge on any atom is -0.256 e. The van der Waals surface area contributed by atoms with Gasteiger partial charge in [-0.15, -0.1) is 0 Å². The first kappa shape index (κ1) is 17.0. The second kappa shape index (κ2) is 7.07. The van der Waals surface area contributed by atoms with Crippen molar-refractivity contribution in [3.05, 3.63) is 78.5 Å². The third-order valence-corrected chi connectivity index (χ3v) is 5.88. The molecule has 1 heterocycles. The van der Waals surface area contributed by atoms with Crippen LogP contribution in [0.25, 0.3) is 22.4 Å². The topological polar surface area (TPSA) is 12.9 Å². The van der Waals surface area contributed by atoms with Crippen molar-refractivity contribution in [1.82, 2.24) is 4.98 Å². The monoisotopic (exact) mass is 341 g/mol. The molecule has 4 rings (SSSR count). The van der Waals surface area contributed by atoms with E-state index in [0.29, 0.717) is 5.41 Å². The van der Waals surface area contributed by atoms with Crippen LogP contribution in [0.15, 0.2) is 72.9 Å². The molecule has 1 aromatic heterocycles. The van der Waals surface area contributed by atoms with Gasteiger partial charge in [0.15, 0.2) is 0 Å². The van der Waals surface area contributed by atoms with Crippen molar-refractivity contribution in [2.75, 3.05) is 0 Å². The maximum Gasteiger partial charge on any atom is 0.0708 e. The molecule has 1 heteroatoms. The number of hydrogen-bond donors (Lipinski definition) is 0. The number of rotatable bonds is 3. The van der Waals surface area contributed by atoms with Gasteiger partial charge in [-0.1, -0.05) is 68.4 Å². The zero-order valence-corrected chi connectivity index (χ0v) is 15.8. The van der Waals surface area contributed by atoms with Gasteiger partial charge in [0.25, 0.3) is 0 Å². The molecule has 0 N–H and O–H groups in total. The highest BCUT2D eigenvalue weighted by molar-refractivity contribution is 5.70. The highest BCUT2D eigenvalue weighted by Gasteiger charge is 2.27. The lowest BCUT2D eigenvalue weighted by Gasteiger charge is -2.34. The van der Waals surface area contributed by atoms with Gasteiger partial charge < -0.3 is 0 Å². The van der Waals surface area contributed by atoms with Crippen LogP contribution in [-0.2, 0) is 0 Å². The summed E-state index contributed by atoms with van der Waals surface area (Å²) in [6, 6.07) is 23.9. The van der Waals surface area contributed by atoms with Crippen LogP contribution in [0.4, 0.5) is 0 Å². The average molecular weight is 341 g/mol. The van der Waals surface area contributed by atoms with Crippen LogP contribution in [-0.4, -0.2) is 4.98 Å². The summed E-state index contributed by atoms with van der Waals surface area (Å²) >= 11 is 0. The summed E-state index contributed by atoms with van der Waals surface area (Å²) < 4.78 is 0. The van der Waals surface area contributed by atoms with E-state index in [1.165, 1.54) is 42.4 Å². The molecule has 0 unspecified atom stereocenters. The van der Waals surface area contributed by atoms with E-state index in [9.17, 15) is 0 Å². The molecule has 0 bridgehead atoms. The Labute approximate surface area is 157 Å². The molecule has 0 atom stereocenters. The second-order valence-corrected chi connectivity index (χ2v) is 8.36. The fourth-order valence-electron chi connectivity index (χ4n) is 4.06. The number of pyridine rings is 1. The van der Waals surface area contributed by atoms with Crippen LogP contribution in [0, 0.1) is 5.41 Å². The number of nitrogens with zero attached hydrogens (tertiary/aromatic N) is 1. The Balaban J connectivity index is 1.54. The van der Waals surface area contributed by atoms with Gasteiger partial charge in [-0.25, -0.2) is 0 Å². The summed E-state index contributed by atoms with van der Waals surface area (Å²) in [5.41, 5.74) is 6.72. The third kappa shape index (κ3) is 3.72. The predicted octanol–water partition coefficient (Wildman–Crippen LogP) is 7.10. The first-order chi connectivity index (χ1) is 12.6. The summed E-state index contributed by atoms with van der Waals surface area (Å²) in [7, 11) is 0. The fourth-order valence-corrected chi connectivity index (χ4v) is 4.06. The van der Waals surface area contributed by atoms with E-state index in [4.69, 9.17) is 0 Å². The van der Waals surface area contributed by atoms with Crippen LogP contribution in [0.5, 0.6) is 0 Å². The maximum atomic E-state index is 4.54. The van der Waals surface area contributed by atoms with E-state index in [0.717, 1.165) is 17.2 Å². The minimum atomic E-state index is 0.529. The maximum absolute atomic E-state index is 4.54. The van der Waals surface area contributed by atoms with Crippen molar-refractivity contribution in [2.24, 2.45) is 5.41 Å². The predicted molar refractivity (Wildman–Crippen MR) is 110 cm³/mol. The summed E-state index contributed by atoms with van der Waals surface area (Å²) in [6.07, 6.45) is 7.22. The van der Waals surface area contributed by atoms with Gasteiger partial charge in [0, 0.05) is 11.8 Å². The van der Waals surface area contributed by atoms with Crippen molar-refractivity contribution < 1.29 is 0 Å². The second-order valence-electron chi connectivity index (χ2n) is 8.36. The van der Waals surface area contributed by atoms with E-state index in [1.54, 1.807) is 0 Å². The summed E-state index contributed by atoms with van der Waals surface area (Å²) in [5.74, 6) is 0.731. The van der Waals surface area contributed by atoms with Crippen molar-refractivity contribution >= 4 is 0 Å². The van der Waals surface area contributed by atoms with Crippen LogP contribution < -0.4 is 0 Å². The summed E-state index contributed by atoms with van der Waals surface area (Å²) in [4.78, 5) is 4.54. The molecule has 132 valence electrons. The molecule has 0 amide bonds. The molecule has 0 saturated heterocycles. The Kier molecular flexibility index (Phi) is 4.63. The quantitative estimate of drug-likeness (QED) is 0.495. The molecule has 0 aliphatic heterocycles. The Hall–Kier alpha value is -2.41. The summed E-state index contributed by atoms with van der Waals surface area (Å²) in [5, 5.41) is 0. The number of hydrogen-bond acceptors (Lipinski definition) is 1. The average Bonchev–Trinajstić information content (AvgIpc) is 2.69. The normalized spacial score (nSPS) is 17.2. The van der Waals surface area contributed by atoms with E-state index >= 15 is 0 Å². The van der Waals surface area contributed by atoms with Gasteiger partial charge in [-0.2, -0.15) is 0 Å². The number of benzene rings is 2. The van der Waals surface area contributed by atoms with Crippen LogP contribution >= 0.6 is 0 Å². The van der Waals surface area contributed by atoms with E-state index < -0.39 is 0 Å². The van der Waals surface area contributed by atoms with Gasteiger partial charge in [-0.05, 0) is 65.8 Å². The minimum absolute atomic E-state index is 0.529. The Morgan fingerprint density at radius 1 is 0.769 bits per heavy atom. The third-order valence-electron chi connectivity index (χ3n) is 5.88. The largest absolute Gasteiger partial charge is 0.256 e. The van der Waals surface area contributed by atoms with Crippen molar-refractivity contribution in [1.29, 1.82) is 0 Å². The lowest BCUT2D eigenvalue weighted by molar-refractivity contribution is 0.224. The molecule has 3 aromatic rings. The highest BCUT2D eigenvalue weighted by atomic mass is 14.7. The van der Waals surface area contributed by atoms with Crippen molar-refractivity contribution in [2.45, 2.75) is 45.4 Å². The molecule has 1 aliphatic carbocycles. The van der Waals surface area contributed by atoms with Crippen molar-refractivity contribution in [3.63, 3.8) is 0 Å². The SMILES string of the molecule is CC1(C)CCC(c2ccc(-c3ccnc(-c4ccccc4)c3)cc2)CC1. The molecular formula is C25H27N. The molecule has 0 radical (unpaired) electrons. The van der Waals surface area contributed by atoms with Gasteiger partial charge in [0.1, 0.15) is 0 Å². The van der Waals surface area contributed by atoms with Crippen LogP contribution in [0.1, 0.15) is 51.0 Å². The van der Waals surface area contributed by atoms with E-state index in [2.05, 4.69) is 79.5 Å². The molecule has 1 saturated carbocycles. The van der Waals surface area contributed by atoms with Crippen molar-refractivity contribution in [3.8, 4) is 22.4 Å². The molecular weight excluding hydrogens is 314 g/mol. The van der Waals surface area contributed by atoms with Gasteiger partial charge >= 0.3 is 0 Å². The summed E-state index contributed by atoms with van der Waals surface area (Å²) in [6.45, 7) is 4.81. The van der Waals surface area contributed by atoms with Crippen LogP contribution in [0.2, 0.25) is 0 Å². The van der Waals surface area contributed by atoms with Gasteiger partial charge in [-0.3, -0.25) is 4.98 Å². The first-order valence-corrected chi connectivity index (χ1v) is 9.73. The smallest absolute Gasteiger partial charge is 0.0708 e.